The number of ether oxygens (including phenoxy) is 1. The van der Waals surface area contributed by atoms with Gasteiger partial charge in [-0.15, -0.1) is 0 Å². The van der Waals surface area contributed by atoms with Gasteiger partial charge in [-0.05, 0) is 24.3 Å². The number of aliphatic carboxylic acids is 1. The minimum absolute atomic E-state index is 0.222. The molecule has 0 amide bonds. The van der Waals surface area contributed by atoms with Crippen LogP contribution in [0.4, 0.5) is 5.82 Å². The Labute approximate surface area is 175 Å². The lowest BCUT2D eigenvalue weighted by Crippen LogP contribution is -2.14. The molecular weight excluding hydrogens is 408 g/mol. The number of nitrogens with zero attached hydrogens (tertiary/aromatic N) is 2. The molecule has 0 aliphatic carbocycles. The van der Waals surface area contributed by atoms with Crippen LogP contribution in [0.15, 0.2) is 61.1 Å². The molecule has 0 aliphatic rings. The fourth-order valence-electron chi connectivity index (χ4n) is 2.95. The van der Waals surface area contributed by atoms with Crippen molar-refractivity contribution in [1.82, 2.24) is 15.0 Å². The summed E-state index contributed by atoms with van der Waals surface area (Å²) in [4.78, 5) is 35.1. The number of anilines is 1. The van der Waals surface area contributed by atoms with Gasteiger partial charge in [-0.1, -0.05) is 29.8 Å². The summed E-state index contributed by atoms with van der Waals surface area (Å²) in [7, 11) is 0. The standard InChI is InChI=1S/C21H15ClN4O4/c22-16-8-13(30-12-4-2-1-3-5-12)6-7-14(16)19(29)15-9-23-20-18(15)21(26-11-25-20)24-10-17(27)28/h1-9,11H,10H2,(H,27,28)(H2,23,24,25,26). The van der Waals surface area contributed by atoms with Crippen molar-refractivity contribution in [2.75, 3.05) is 11.9 Å². The van der Waals surface area contributed by atoms with Crippen LogP contribution in [0.25, 0.3) is 11.0 Å². The molecule has 0 fully saturated rings. The third kappa shape index (κ3) is 3.94. The zero-order valence-electron chi connectivity index (χ0n) is 15.4. The van der Waals surface area contributed by atoms with Crippen molar-refractivity contribution in [2.45, 2.75) is 0 Å². The van der Waals surface area contributed by atoms with E-state index in [1.54, 1.807) is 18.2 Å². The molecule has 2 heterocycles. The maximum Gasteiger partial charge on any atom is 0.322 e. The van der Waals surface area contributed by atoms with Gasteiger partial charge in [-0.3, -0.25) is 9.59 Å². The second kappa shape index (κ2) is 8.22. The fourth-order valence-corrected chi connectivity index (χ4v) is 3.20. The summed E-state index contributed by atoms with van der Waals surface area (Å²) in [5, 5.41) is 12.2. The molecule has 150 valence electrons. The van der Waals surface area contributed by atoms with E-state index in [0.29, 0.717) is 22.5 Å². The zero-order chi connectivity index (χ0) is 21.1. The van der Waals surface area contributed by atoms with Crippen LogP contribution in [0.3, 0.4) is 0 Å². The monoisotopic (exact) mass is 422 g/mol. The number of carboxylic acid groups (broad SMARTS) is 1. The number of H-pyrrole nitrogens is 1. The number of hydrogen-bond donors (Lipinski definition) is 3. The molecule has 0 atom stereocenters. The maximum absolute atomic E-state index is 13.2. The molecule has 8 nitrogen and oxygen atoms in total. The lowest BCUT2D eigenvalue weighted by molar-refractivity contribution is -0.134. The Morgan fingerprint density at radius 3 is 2.60 bits per heavy atom. The van der Waals surface area contributed by atoms with Crippen molar-refractivity contribution >= 4 is 40.2 Å². The quantitative estimate of drug-likeness (QED) is 0.383. The molecule has 0 unspecified atom stereocenters. The minimum Gasteiger partial charge on any atom is -0.480 e. The van der Waals surface area contributed by atoms with Crippen molar-refractivity contribution in [2.24, 2.45) is 0 Å². The highest BCUT2D eigenvalue weighted by Crippen LogP contribution is 2.31. The highest BCUT2D eigenvalue weighted by atomic mass is 35.5. The molecule has 0 spiro atoms. The highest BCUT2D eigenvalue weighted by Gasteiger charge is 2.21. The fraction of sp³-hybridized carbons (Fsp3) is 0.0476. The van der Waals surface area contributed by atoms with Gasteiger partial charge in [0.05, 0.1) is 16.0 Å². The first-order valence-electron chi connectivity index (χ1n) is 8.88. The number of carboxylic acids is 1. The third-order valence-corrected chi connectivity index (χ3v) is 4.60. The van der Waals surface area contributed by atoms with Crippen molar-refractivity contribution in [1.29, 1.82) is 0 Å². The Balaban J connectivity index is 1.66. The van der Waals surface area contributed by atoms with Crippen LogP contribution in [0.2, 0.25) is 5.02 Å². The number of benzene rings is 2. The first-order chi connectivity index (χ1) is 14.5. The lowest BCUT2D eigenvalue weighted by atomic mass is 10.0. The van der Waals surface area contributed by atoms with Gasteiger partial charge >= 0.3 is 5.97 Å². The predicted molar refractivity (Wildman–Crippen MR) is 111 cm³/mol. The molecule has 2 aromatic heterocycles. The maximum atomic E-state index is 13.2. The number of hydrogen-bond acceptors (Lipinski definition) is 6. The molecule has 0 aliphatic heterocycles. The largest absolute Gasteiger partial charge is 0.480 e. The molecule has 0 radical (unpaired) electrons. The van der Waals surface area contributed by atoms with Crippen LogP contribution in [0.1, 0.15) is 15.9 Å². The summed E-state index contributed by atoms with van der Waals surface area (Å²) in [5.74, 6) is -0.0237. The second-order valence-electron chi connectivity index (χ2n) is 6.28. The van der Waals surface area contributed by atoms with Gasteiger partial charge in [-0.25, -0.2) is 9.97 Å². The van der Waals surface area contributed by atoms with Gasteiger partial charge in [0.15, 0.2) is 5.78 Å². The van der Waals surface area contributed by atoms with E-state index in [2.05, 4.69) is 20.3 Å². The third-order valence-electron chi connectivity index (χ3n) is 4.29. The number of aromatic nitrogens is 3. The molecule has 4 aromatic rings. The molecular formula is C21H15ClN4O4. The zero-order valence-corrected chi connectivity index (χ0v) is 16.2. The molecule has 2 aromatic carbocycles. The number of halogens is 1. The van der Waals surface area contributed by atoms with E-state index in [0.717, 1.165) is 0 Å². The minimum atomic E-state index is -1.05. The Bertz CT molecular complexity index is 1240. The molecule has 0 saturated heterocycles. The normalized spacial score (nSPS) is 10.7. The van der Waals surface area contributed by atoms with E-state index in [-0.39, 0.29) is 34.3 Å². The van der Waals surface area contributed by atoms with E-state index < -0.39 is 5.97 Å². The van der Waals surface area contributed by atoms with Crippen LogP contribution < -0.4 is 10.1 Å². The smallest absolute Gasteiger partial charge is 0.322 e. The van der Waals surface area contributed by atoms with E-state index in [4.69, 9.17) is 21.4 Å². The molecule has 30 heavy (non-hydrogen) atoms. The summed E-state index contributed by atoms with van der Waals surface area (Å²) in [5.41, 5.74) is 0.949. The summed E-state index contributed by atoms with van der Waals surface area (Å²) in [6.45, 7) is -0.350. The summed E-state index contributed by atoms with van der Waals surface area (Å²) >= 11 is 6.37. The Hall–Kier alpha value is -3.91. The average Bonchev–Trinajstić information content (AvgIpc) is 3.17. The van der Waals surface area contributed by atoms with E-state index in [1.807, 2.05) is 30.3 Å². The number of para-hydroxylation sites is 1. The van der Waals surface area contributed by atoms with E-state index in [1.165, 1.54) is 12.5 Å². The Kier molecular flexibility index (Phi) is 5.32. The number of nitrogens with one attached hydrogen (secondary N) is 2. The number of aromatic amines is 1. The number of ketones is 1. The average molecular weight is 423 g/mol. The Morgan fingerprint density at radius 2 is 1.87 bits per heavy atom. The summed E-state index contributed by atoms with van der Waals surface area (Å²) in [6, 6.07) is 14.0. The van der Waals surface area contributed by atoms with Gasteiger partial charge in [0.1, 0.15) is 35.8 Å². The van der Waals surface area contributed by atoms with Crippen molar-refractivity contribution in [3.05, 3.63) is 77.2 Å². The number of rotatable bonds is 7. The van der Waals surface area contributed by atoms with Gasteiger partial charge in [0.2, 0.25) is 0 Å². The summed E-state index contributed by atoms with van der Waals surface area (Å²) in [6.07, 6.45) is 2.78. The first kappa shape index (κ1) is 19.4. The van der Waals surface area contributed by atoms with Crippen LogP contribution >= 0.6 is 11.6 Å². The number of carbonyl (C=O) groups is 2. The van der Waals surface area contributed by atoms with Crippen LogP contribution in [-0.4, -0.2) is 38.4 Å². The van der Waals surface area contributed by atoms with Crippen LogP contribution in [0, 0.1) is 0 Å². The van der Waals surface area contributed by atoms with Crippen LogP contribution in [-0.2, 0) is 4.79 Å². The van der Waals surface area contributed by atoms with Gasteiger partial charge in [0.25, 0.3) is 0 Å². The van der Waals surface area contributed by atoms with E-state index >= 15 is 0 Å². The topological polar surface area (TPSA) is 117 Å². The predicted octanol–water partition coefficient (Wildman–Crippen LogP) is 4.13. The van der Waals surface area contributed by atoms with Gasteiger partial charge in [0, 0.05) is 17.8 Å². The molecule has 9 heteroatoms. The number of carbonyl (C=O) groups excluding carboxylic acids is 1. The second-order valence-corrected chi connectivity index (χ2v) is 6.69. The number of fused-ring (bicyclic) bond motifs is 1. The van der Waals surface area contributed by atoms with Crippen molar-refractivity contribution in [3.8, 4) is 11.5 Å². The molecule has 3 N–H and O–H groups in total. The van der Waals surface area contributed by atoms with Gasteiger partial charge < -0.3 is 20.1 Å². The van der Waals surface area contributed by atoms with Crippen molar-refractivity contribution in [3.63, 3.8) is 0 Å². The van der Waals surface area contributed by atoms with Gasteiger partial charge in [-0.2, -0.15) is 0 Å². The molecule has 0 saturated carbocycles. The SMILES string of the molecule is O=C(O)CNc1ncnc2[nH]cc(C(=O)c3ccc(Oc4ccccc4)cc3Cl)c12. The van der Waals surface area contributed by atoms with Crippen molar-refractivity contribution < 1.29 is 19.4 Å². The van der Waals surface area contributed by atoms with Crippen LogP contribution in [0.5, 0.6) is 11.5 Å². The lowest BCUT2D eigenvalue weighted by Gasteiger charge is -2.09. The molecule has 4 rings (SSSR count). The highest BCUT2D eigenvalue weighted by molar-refractivity contribution is 6.35. The summed E-state index contributed by atoms with van der Waals surface area (Å²) < 4.78 is 5.74. The van der Waals surface area contributed by atoms with E-state index in [9.17, 15) is 9.59 Å². The molecule has 0 bridgehead atoms. The Morgan fingerprint density at radius 1 is 1.07 bits per heavy atom. The first-order valence-corrected chi connectivity index (χ1v) is 9.25.